The van der Waals surface area contributed by atoms with Crippen molar-refractivity contribution in [2.75, 3.05) is 6.54 Å². The molecule has 0 unspecified atom stereocenters. The Labute approximate surface area is 106 Å². The lowest BCUT2D eigenvalue weighted by atomic mass is 9.99. The van der Waals surface area contributed by atoms with Gasteiger partial charge in [0.2, 0.25) is 0 Å². The predicted octanol–water partition coefficient (Wildman–Crippen LogP) is 3.89. The molecule has 1 heteroatoms. The van der Waals surface area contributed by atoms with Crippen LogP contribution in [0.1, 0.15) is 48.4 Å². The summed E-state index contributed by atoms with van der Waals surface area (Å²) < 4.78 is 0. The molecule has 1 aliphatic carbocycles. The van der Waals surface area contributed by atoms with Gasteiger partial charge in [0.15, 0.2) is 0 Å². The van der Waals surface area contributed by atoms with Crippen molar-refractivity contribution in [3.05, 3.63) is 34.4 Å². The third-order valence-electron chi connectivity index (χ3n) is 4.35. The van der Waals surface area contributed by atoms with Gasteiger partial charge in [0.25, 0.3) is 0 Å². The fraction of sp³-hybridized carbons (Fsp3) is 0.625. The van der Waals surface area contributed by atoms with Gasteiger partial charge in [-0.25, -0.2) is 0 Å². The predicted molar refractivity (Wildman–Crippen MR) is 74.3 cm³/mol. The fourth-order valence-electron chi connectivity index (χ4n) is 2.77. The first-order valence-electron chi connectivity index (χ1n) is 6.84. The fourth-order valence-corrected chi connectivity index (χ4v) is 2.77. The SMILES string of the molecule is CCC1(CNCc2c(C)cc(C)cc2C)CC1. The highest BCUT2D eigenvalue weighted by atomic mass is 14.9. The van der Waals surface area contributed by atoms with Crippen molar-refractivity contribution in [1.82, 2.24) is 5.32 Å². The molecule has 0 saturated heterocycles. The number of aryl methyl sites for hydroxylation is 3. The molecule has 1 aromatic rings. The highest BCUT2D eigenvalue weighted by Gasteiger charge is 2.39. The second-order valence-corrected chi connectivity index (χ2v) is 5.83. The minimum absolute atomic E-state index is 0.645. The molecule has 2 rings (SSSR count). The van der Waals surface area contributed by atoms with Crippen LogP contribution >= 0.6 is 0 Å². The summed E-state index contributed by atoms with van der Waals surface area (Å²) in [6.45, 7) is 11.2. The van der Waals surface area contributed by atoms with Gasteiger partial charge in [-0.1, -0.05) is 24.6 Å². The zero-order valence-electron chi connectivity index (χ0n) is 11.7. The molecule has 1 N–H and O–H groups in total. The first kappa shape index (κ1) is 12.6. The summed E-state index contributed by atoms with van der Waals surface area (Å²) in [6, 6.07) is 4.58. The number of benzene rings is 1. The van der Waals surface area contributed by atoms with Crippen LogP contribution in [0.3, 0.4) is 0 Å². The molecular weight excluding hydrogens is 206 g/mol. The molecule has 0 amide bonds. The maximum atomic E-state index is 3.66. The molecule has 17 heavy (non-hydrogen) atoms. The molecule has 0 aliphatic heterocycles. The zero-order chi connectivity index (χ0) is 12.5. The standard InChI is InChI=1S/C16H25N/c1-5-16(6-7-16)11-17-10-15-13(3)8-12(2)9-14(15)4/h8-9,17H,5-7,10-11H2,1-4H3. The average molecular weight is 231 g/mol. The average Bonchev–Trinajstić information content (AvgIpc) is 3.02. The maximum absolute atomic E-state index is 3.66. The van der Waals surface area contributed by atoms with Crippen molar-refractivity contribution < 1.29 is 0 Å². The smallest absolute Gasteiger partial charge is 0.0210 e. The summed E-state index contributed by atoms with van der Waals surface area (Å²) in [5.41, 5.74) is 6.36. The normalized spacial score (nSPS) is 17.2. The summed E-state index contributed by atoms with van der Waals surface area (Å²) in [6.07, 6.45) is 4.16. The van der Waals surface area contributed by atoms with E-state index in [-0.39, 0.29) is 0 Å². The quantitative estimate of drug-likeness (QED) is 0.810. The van der Waals surface area contributed by atoms with Crippen LogP contribution in [0.5, 0.6) is 0 Å². The van der Waals surface area contributed by atoms with E-state index in [1.54, 1.807) is 0 Å². The second-order valence-electron chi connectivity index (χ2n) is 5.83. The first-order valence-corrected chi connectivity index (χ1v) is 6.84. The van der Waals surface area contributed by atoms with Gasteiger partial charge in [-0.2, -0.15) is 0 Å². The van der Waals surface area contributed by atoms with Gasteiger partial charge < -0.3 is 5.32 Å². The van der Waals surface area contributed by atoms with E-state index < -0.39 is 0 Å². The Balaban J connectivity index is 1.95. The number of hydrogen-bond donors (Lipinski definition) is 1. The largest absolute Gasteiger partial charge is 0.312 e. The number of rotatable bonds is 5. The molecule has 1 nitrogen and oxygen atoms in total. The topological polar surface area (TPSA) is 12.0 Å². The van der Waals surface area contributed by atoms with E-state index in [0.717, 1.165) is 6.54 Å². The number of nitrogens with one attached hydrogen (secondary N) is 1. The van der Waals surface area contributed by atoms with E-state index in [1.165, 1.54) is 48.1 Å². The lowest BCUT2D eigenvalue weighted by Gasteiger charge is -2.16. The van der Waals surface area contributed by atoms with Gasteiger partial charge in [0.05, 0.1) is 0 Å². The van der Waals surface area contributed by atoms with Crippen molar-refractivity contribution in [2.45, 2.75) is 53.5 Å². The monoisotopic (exact) mass is 231 g/mol. The van der Waals surface area contributed by atoms with E-state index in [9.17, 15) is 0 Å². The van der Waals surface area contributed by atoms with Crippen molar-refractivity contribution in [3.8, 4) is 0 Å². The lowest BCUT2D eigenvalue weighted by molar-refractivity contribution is 0.443. The van der Waals surface area contributed by atoms with Crippen LogP contribution in [0, 0.1) is 26.2 Å². The second kappa shape index (κ2) is 4.81. The molecule has 1 aliphatic rings. The minimum atomic E-state index is 0.645. The molecule has 0 atom stereocenters. The summed E-state index contributed by atoms with van der Waals surface area (Å²) in [7, 11) is 0. The van der Waals surface area contributed by atoms with Crippen LogP contribution in [0.25, 0.3) is 0 Å². The van der Waals surface area contributed by atoms with Crippen molar-refractivity contribution in [3.63, 3.8) is 0 Å². The van der Waals surface area contributed by atoms with Crippen LogP contribution in [-0.2, 0) is 6.54 Å². The molecule has 0 heterocycles. The highest BCUT2D eigenvalue weighted by Crippen LogP contribution is 2.47. The van der Waals surface area contributed by atoms with Crippen molar-refractivity contribution in [1.29, 1.82) is 0 Å². The molecular formula is C16H25N. The summed E-state index contributed by atoms with van der Waals surface area (Å²) in [4.78, 5) is 0. The Morgan fingerprint density at radius 1 is 1.12 bits per heavy atom. The van der Waals surface area contributed by atoms with Crippen molar-refractivity contribution >= 4 is 0 Å². The van der Waals surface area contributed by atoms with E-state index in [0.29, 0.717) is 5.41 Å². The van der Waals surface area contributed by atoms with E-state index in [4.69, 9.17) is 0 Å². The van der Waals surface area contributed by atoms with Crippen molar-refractivity contribution in [2.24, 2.45) is 5.41 Å². The summed E-state index contributed by atoms with van der Waals surface area (Å²) in [5.74, 6) is 0. The highest BCUT2D eigenvalue weighted by molar-refractivity contribution is 5.37. The number of hydrogen-bond acceptors (Lipinski definition) is 1. The molecule has 1 fully saturated rings. The molecule has 1 aromatic carbocycles. The Kier molecular flexibility index (Phi) is 3.58. The van der Waals surface area contributed by atoms with Gasteiger partial charge in [-0.05, 0) is 62.1 Å². The van der Waals surface area contributed by atoms with Crippen LogP contribution in [-0.4, -0.2) is 6.54 Å². The van der Waals surface area contributed by atoms with Crippen LogP contribution in [0.2, 0.25) is 0 Å². The molecule has 94 valence electrons. The van der Waals surface area contributed by atoms with Gasteiger partial charge in [0, 0.05) is 13.1 Å². The molecule has 0 aromatic heterocycles. The van der Waals surface area contributed by atoms with E-state index in [2.05, 4.69) is 45.1 Å². The molecule has 0 radical (unpaired) electrons. The Bertz CT molecular complexity index is 379. The van der Waals surface area contributed by atoms with Gasteiger partial charge in [0.1, 0.15) is 0 Å². The molecule has 1 saturated carbocycles. The minimum Gasteiger partial charge on any atom is -0.312 e. The van der Waals surface area contributed by atoms with E-state index >= 15 is 0 Å². The van der Waals surface area contributed by atoms with Crippen LogP contribution in [0.15, 0.2) is 12.1 Å². The Hall–Kier alpha value is -0.820. The van der Waals surface area contributed by atoms with Gasteiger partial charge >= 0.3 is 0 Å². The van der Waals surface area contributed by atoms with Crippen LogP contribution < -0.4 is 5.32 Å². The maximum Gasteiger partial charge on any atom is 0.0210 e. The van der Waals surface area contributed by atoms with Gasteiger partial charge in [-0.15, -0.1) is 0 Å². The van der Waals surface area contributed by atoms with Crippen LogP contribution in [0.4, 0.5) is 0 Å². The Morgan fingerprint density at radius 2 is 1.71 bits per heavy atom. The first-order chi connectivity index (χ1) is 8.06. The Morgan fingerprint density at radius 3 is 2.18 bits per heavy atom. The summed E-state index contributed by atoms with van der Waals surface area (Å²) >= 11 is 0. The third kappa shape index (κ3) is 2.90. The zero-order valence-corrected chi connectivity index (χ0v) is 11.7. The van der Waals surface area contributed by atoms with E-state index in [1.807, 2.05) is 0 Å². The third-order valence-corrected chi connectivity index (χ3v) is 4.35. The lowest BCUT2D eigenvalue weighted by Crippen LogP contribution is -2.23. The molecule has 0 spiro atoms. The van der Waals surface area contributed by atoms with Gasteiger partial charge in [-0.3, -0.25) is 0 Å². The molecule has 0 bridgehead atoms. The summed E-state index contributed by atoms with van der Waals surface area (Å²) in [5, 5.41) is 3.66.